The Labute approximate surface area is 69.6 Å². The molecule has 0 aromatic carbocycles. The van der Waals surface area contributed by atoms with Crippen LogP contribution < -0.4 is 4.84 Å². The predicted octanol–water partition coefficient (Wildman–Crippen LogP) is -0.121. The van der Waals surface area contributed by atoms with Crippen molar-refractivity contribution in [2.45, 2.75) is 12.8 Å². The molecule has 1 N–H and O–H groups in total. The first-order valence-corrected chi connectivity index (χ1v) is 3.83. The Morgan fingerprint density at radius 1 is 1.27 bits per heavy atom. The Kier molecular flexibility index (Phi) is 2.70. The number of hydrogen-bond donors (Lipinski definition) is 1. The number of hydrogen-bond acceptors (Lipinski definition) is 2. The molecule has 0 saturated carbocycles. The summed E-state index contributed by atoms with van der Waals surface area (Å²) in [6.07, 6.45) is 1.95. The molecule has 0 aromatic rings. The van der Waals surface area contributed by atoms with Gasteiger partial charge in [-0.15, -0.1) is 0 Å². The third-order valence-electron chi connectivity index (χ3n) is 1.67. The summed E-state index contributed by atoms with van der Waals surface area (Å²) in [6, 6.07) is 0. The van der Waals surface area contributed by atoms with E-state index in [4.69, 9.17) is 11.8 Å². The monoisotopic (exact) mass is 176 g/mol. The van der Waals surface area contributed by atoms with Crippen molar-refractivity contribution in [1.29, 1.82) is 0 Å². The fourth-order valence-corrected chi connectivity index (χ4v) is 1.19. The van der Waals surface area contributed by atoms with Gasteiger partial charge in [-0.2, -0.15) is 0 Å². The molecule has 0 spiro atoms. The fraction of sp³-hybridized carbons (Fsp3) is 0.667. The molecule has 0 aliphatic carbocycles. The van der Waals surface area contributed by atoms with Gasteiger partial charge in [0.15, 0.2) is 0 Å². The van der Waals surface area contributed by atoms with Crippen molar-refractivity contribution in [2.75, 3.05) is 13.1 Å². The first-order valence-electron chi connectivity index (χ1n) is 3.45. The van der Waals surface area contributed by atoms with E-state index in [2.05, 4.69) is 0 Å². The summed E-state index contributed by atoms with van der Waals surface area (Å²) in [5.41, 5.74) is 0. The Morgan fingerprint density at radius 3 is 2.27 bits per heavy atom. The molecule has 1 heterocycles. The average Bonchev–Trinajstić information content (AvgIpc) is 2.53. The van der Waals surface area contributed by atoms with Crippen LogP contribution in [-0.4, -0.2) is 29.8 Å². The van der Waals surface area contributed by atoms with Crippen molar-refractivity contribution in [2.24, 2.45) is 0 Å². The molecule has 62 valence electrons. The fourth-order valence-electron chi connectivity index (χ4n) is 1.10. The first kappa shape index (κ1) is 8.33. The van der Waals surface area contributed by atoms with E-state index in [0.29, 0.717) is 13.1 Å². The number of rotatable bonds is 0. The van der Waals surface area contributed by atoms with Gasteiger partial charge in [0, 0.05) is 24.9 Å². The third kappa shape index (κ3) is 1.83. The summed E-state index contributed by atoms with van der Waals surface area (Å²) < 4.78 is 0. The lowest BCUT2D eigenvalue weighted by Gasteiger charge is -2.12. The average molecular weight is 177 g/mol. The highest BCUT2D eigenvalue weighted by molar-refractivity contribution is 6.42. The molecule has 1 saturated heterocycles. The summed E-state index contributed by atoms with van der Waals surface area (Å²) in [7, 11) is 0. The van der Waals surface area contributed by atoms with Gasteiger partial charge in [0.2, 0.25) is 0 Å². The molecule has 5 heteroatoms. The summed E-state index contributed by atoms with van der Waals surface area (Å²) in [6.45, 7) is 1.34. The van der Waals surface area contributed by atoms with Crippen LogP contribution in [0.5, 0.6) is 0 Å². The van der Waals surface area contributed by atoms with Gasteiger partial charge < -0.3 is 4.90 Å². The second-order valence-electron chi connectivity index (χ2n) is 2.42. The predicted molar refractivity (Wildman–Crippen MR) is 39.8 cm³/mol. The van der Waals surface area contributed by atoms with E-state index in [-0.39, 0.29) is 0 Å². The van der Waals surface area contributed by atoms with Gasteiger partial charge >= 0.3 is 11.8 Å². The standard InChI is InChI=1S/C6H9ClN2O2/c7-8-5(10)6(11)9-3-1-2-4-9/h1-4H2,(H,8,10). The van der Waals surface area contributed by atoms with Crippen LogP contribution in [0.1, 0.15) is 12.8 Å². The molecule has 0 atom stereocenters. The molecule has 0 unspecified atom stereocenters. The van der Waals surface area contributed by atoms with Gasteiger partial charge in [-0.3, -0.25) is 14.4 Å². The largest absolute Gasteiger partial charge is 0.334 e. The van der Waals surface area contributed by atoms with E-state index >= 15 is 0 Å². The third-order valence-corrected chi connectivity index (χ3v) is 1.84. The molecule has 1 rings (SSSR count). The minimum Gasteiger partial charge on any atom is -0.334 e. The van der Waals surface area contributed by atoms with Crippen LogP contribution >= 0.6 is 11.8 Å². The van der Waals surface area contributed by atoms with Crippen molar-refractivity contribution in [1.82, 2.24) is 9.74 Å². The Hall–Kier alpha value is -0.770. The summed E-state index contributed by atoms with van der Waals surface area (Å²) in [5, 5.41) is 0. The first-order chi connectivity index (χ1) is 5.25. The lowest BCUT2D eigenvalue weighted by molar-refractivity contribution is -0.144. The normalized spacial score (nSPS) is 16.6. The minimum absolute atomic E-state index is 0.530. The van der Waals surface area contributed by atoms with E-state index in [9.17, 15) is 9.59 Å². The topological polar surface area (TPSA) is 49.4 Å². The van der Waals surface area contributed by atoms with Gasteiger partial charge in [-0.05, 0) is 12.8 Å². The van der Waals surface area contributed by atoms with Gasteiger partial charge in [0.25, 0.3) is 0 Å². The van der Waals surface area contributed by atoms with Crippen molar-refractivity contribution in [3.8, 4) is 0 Å². The number of likely N-dealkylation sites (tertiary alicyclic amines) is 1. The minimum atomic E-state index is -0.742. The molecule has 0 bridgehead atoms. The maximum atomic E-state index is 11.0. The quantitative estimate of drug-likeness (QED) is 0.413. The second-order valence-corrected chi connectivity index (χ2v) is 2.61. The molecule has 1 aliphatic heterocycles. The highest BCUT2D eigenvalue weighted by Crippen LogP contribution is 2.06. The van der Waals surface area contributed by atoms with Gasteiger partial charge in [-0.25, -0.2) is 0 Å². The second kappa shape index (κ2) is 3.57. The zero-order valence-electron chi connectivity index (χ0n) is 5.97. The molecule has 2 amide bonds. The molecule has 4 nitrogen and oxygen atoms in total. The maximum absolute atomic E-state index is 11.0. The highest BCUT2D eigenvalue weighted by Gasteiger charge is 2.23. The number of amides is 2. The maximum Gasteiger partial charge on any atom is 0.323 e. The SMILES string of the molecule is O=C(NCl)C(=O)N1CCCC1. The molecule has 1 fully saturated rings. The van der Waals surface area contributed by atoms with Crippen LogP contribution in [0.25, 0.3) is 0 Å². The highest BCUT2D eigenvalue weighted by atomic mass is 35.5. The van der Waals surface area contributed by atoms with E-state index in [1.165, 1.54) is 4.90 Å². The summed E-state index contributed by atoms with van der Waals surface area (Å²) in [5.74, 6) is -1.27. The lowest BCUT2D eigenvalue weighted by Crippen LogP contribution is -2.38. The van der Waals surface area contributed by atoms with Crippen LogP contribution in [-0.2, 0) is 9.59 Å². The van der Waals surface area contributed by atoms with Crippen molar-refractivity contribution < 1.29 is 9.59 Å². The van der Waals surface area contributed by atoms with Crippen molar-refractivity contribution in [3.63, 3.8) is 0 Å². The van der Waals surface area contributed by atoms with E-state index in [1.54, 1.807) is 4.84 Å². The van der Waals surface area contributed by atoms with E-state index < -0.39 is 11.8 Å². The molecular formula is C6H9ClN2O2. The number of halogens is 1. The Bertz CT molecular complexity index is 177. The van der Waals surface area contributed by atoms with Gasteiger partial charge in [-0.1, -0.05) is 0 Å². The number of carbonyl (C=O) groups excluding carboxylic acids is 2. The number of nitrogens with one attached hydrogen (secondary N) is 1. The summed E-state index contributed by atoms with van der Waals surface area (Å²) >= 11 is 4.98. The molecular weight excluding hydrogens is 168 g/mol. The number of carbonyl (C=O) groups is 2. The van der Waals surface area contributed by atoms with Crippen LogP contribution in [0, 0.1) is 0 Å². The molecule has 11 heavy (non-hydrogen) atoms. The zero-order chi connectivity index (χ0) is 8.27. The zero-order valence-corrected chi connectivity index (χ0v) is 6.73. The van der Waals surface area contributed by atoms with Crippen molar-refractivity contribution in [3.05, 3.63) is 0 Å². The van der Waals surface area contributed by atoms with Gasteiger partial charge in [0.05, 0.1) is 0 Å². The molecule has 0 radical (unpaired) electrons. The Morgan fingerprint density at radius 2 is 1.82 bits per heavy atom. The smallest absolute Gasteiger partial charge is 0.323 e. The van der Waals surface area contributed by atoms with Crippen LogP contribution in [0.3, 0.4) is 0 Å². The van der Waals surface area contributed by atoms with Crippen LogP contribution in [0.15, 0.2) is 0 Å². The van der Waals surface area contributed by atoms with Crippen molar-refractivity contribution >= 4 is 23.6 Å². The molecule has 0 aromatic heterocycles. The number of nitrogens with zero attached hydrogens (tertiary/aromatic N) is 1. The van der Waals surface area contributed by atoms with Gasteiger partial charge in [0.1, 0.15) is 0 Å². The lowest BCUT2D eigenvalue weighted by atomic mass is 10.4. The van der Waals surface area contributed by atoms with Crippen LogP contribution in [0.4, 0.5) is 0 Å². The van der Waals surface area contributed by atoms with E-state index in [0.717, 1.165) is 12.8 Å². The molecule has 1 aliphatic rings. The van der Waals surface area contributed by atoms with Crippen LogP contribution in [0.2, 0.25) is 0 Å². The van der Waals surface area contributed by atoms with E-state index in [1.807, 2.05) is 0 Å². The summed E-state index contributed by atoms with van der Waals surface area (Å²) in [4.78, 5) is 25.0. The Balaban J connectivity index is 2.46.